The normalized spacial score (nSPS) is 14.9. The molecule has 0 unspecified atom stereocenters. The number of thiophene rings is 1. The van der Waals surface area contributed by atoms with Crippen molar-refractivity contribution >= 4 is 33.3 Å². The Morgan fingerprint density at radius 2 is 1.85 bits per heavy atom. The smallest absolute Gasteiger partial charge is 0.237 e. The first-order valence-electron chi connectivity index (χ1n) is 11.2. The molecule has 1 aliphatic rings. The molecule has 1 fully saturated rings. The van der Waals surface area contributed by atoms with Crippen LogP contribution in [-0.4, -0.2) is 51.3 Å². The Morgan fingerprint density at radius 3 is 2.61 bits per heavy atom. The van der Waals surface area contributed by atoms with Gasteiger partial charge in [0.2, 0.25) is 11.7 Å². The lowest BCUT2D eigenvalue weighted by Gasteiger charge is -2.25. The molecule has 1 aliphatic heterocycles. The van der Waals surface area contributed by atoms with Gasteiger partial charge in [0.25, 0.3) is 0 Å². The molecule has 0 amide bonds. The number of morpholine rings is 1. The maximum Gasteiger partial charge on any atom is 0.237 e. The highest BCUT2D eigenvalue weighted by atomic mass is 32.2. The molecule has 4 heterocycles. The Kier molecular flexibility index (Phi) is 6.73. The first kappa shape index (κ1) is 22.5. The molecule has 9 heteroatoms. The third kappa shape index (κ3) is 4.96. The van der Waals surface area contributed by atoms with Crippen LogP contribution in [0.2, 0.25) is 0 Å². The molecule has 0 bridgehead atoms. The number of ether oxygens (including phenoxy) is 1. The Bertz CT molecular complexity index is 1250. The summed E-state index contributed by atoms with van der Waals surface area (Å²) in [6, 6.07) is 8.30. The van der Waals surface area contributed by atoms with Crippen molar-refractivity contribution in [3.63, 3.8) is 0 Å². The van der Waals surface area contributed by atoms with Crippen LogP contribution < -0.4 is 0 Å². The molecule has 33 heavy (non-hydrogen) atoms. The third-order valence-electron chi connectivity index (χ3n) is 5.93. The van der Waals surface area contributed by atoms with Crippen LogP contribution in [0.25, 0.3) is 21.6 Å². The number of benzene rings is 1. The lowest BCUT2D eigenvalue weighted by Crippen LogP contribution is -2.36. The first-order chi connectivity index (χ1) is 16.1. The minimum absolute atomic E-state index is 0.567. The Morgan fingerprint density at radius 1 is 1.06 bits per heavy atom. The molecule has 1 saturated heterocycles. The summed E-state index contributed by atoms with van der Waals surface area (Å²) < 4.78 is 11.0. The highest BCUT2D eigenvalue weighted by Crippen LogP contribution is 2.36. The number of aryl methyl sites for hydroxylation is 3. The molecule has 0 aliphatic carbocycles. The van der Waals surface area contributed by atoms with Gasteiger partial charge in [-0.1, -0.05) is 48.1 Å². The summed E-state index contributed by atoms with van der Waals surface area (Å²) in [5.74, 6) is 2.64. The number of rotatable bonds is 7. The van der Waals surface area contributed by atoms with Gasteiger partial charge in [-0.2, -0.15) is 4.98 Å². The fourth-order valence-electron chi connectivity index (χ4n) is 3.84. The van der Waals surface area contributed by atoms with Crippen LogP contribution in [0.3, 0.4) is 0 Å². The van der Waals surface area contributed by atoms with E-state index < -0.39 is 0 Å². The van der Waals surface area contributed by atoms with Gasteiger partial charge in [0.05, 0.1) is 25.5 Å². The van der Waals surface area contributed by atoms with Crippen molar-refractivity contribution in [2.75, 3.05) is 26.3 Å². The fourth-order valence-corrected chi connectivity index (χ4v) is 5.89. The number of hydrogen-bond donors (Lipinski definition) is 0. The Hall–Kier alpha value is -2.33. The second-order valence-corrected chi connectivity index (χ2v) is 10.3. The summed E-state index contributed by atoms with van der Waals surface area (Å²) in [6.07, 6.45) is 1.01. The van der Waals surface area contributed by atoms with Crippen molar-refractivity contribution in [2.24, 2.45) is 0 Å². The van der Waals surface area contributed by atoms with E-state index in [0.29, 0.717) is 17.5 Å². The summed E-state index contributed by atoms with van der Waals surface area (Å²) in [4.78, 5) is 19.1. The molecule has 0 spiro atoms. The van der Waals surface area contributed by atoms with E-state index in [0.717, 1.165) is 65.9 Å². The number of thioether (sulfide) groups is 1. The summed E-state index contributed by atoms with van der Waals surface area (Å²) in [7, 11) is 0. The van der Waals surface area contributed by atoms with Gasteiger partial charge in [0, 0.05) is 28.9 Å². The van der Waals surface area contributed by atoms with Crippen molar-refractivity contribution in [3.05, 3.63) is 52.0 Å². The van der Waals surface area contributed by atoms with E-state index in [4.69, 9.17) is 19.2 Å². The lowest BCUT2D eigenvalue weighted by molar-refractivity contribution is 0.0330. The van der Waals surface area contributed by atoms with E-state index in [1.54, 1.807) is 23.1 Å². The Labute approximate surface area is 201 Å². The van der Waals surface area contributed by atoms with E-state index in [-0.39, 0.29) is 0 Å². The van der Waals surface area contributed by atoms with Gasteiger partial charge >= 0.3 is 0 Å². The van der Waals surface area contributed by atoms with Crippen molar-refractivity contribution in [1.29, 1.82) is 0 Å². The predicted molar refractivity (Wildman–Crippen MR) is 132 cm³/mol. The van der Waals surface area contributed by atoms with Crippen LogP contribution in [0.5, 0.6) is 0 Å². The second kappa shape index (κ2) is 9.89. The van der Waals surface area contributed by atoms with E-state index in [1.165, 1.54) is 16.0 Å². The molecule has 5 rings (SSSR count). The van der Waals surface area contributed by atoms with Gasteiger partial charge in [0.1, 0.15) is 15.7 Å². The topological polar surface area (TPSA) is 77.2 Å². The molecule has 0 atom stereocenters. The maximum atomic E-state index is 5.55. The zero-order valence-electron chi connectivity index (χ0n) is 19.1. The van der Waals surface area contributed by atoms with E-state index in [9.17, 15) is 0 Å². The van der Waals surface area contributed by atoms with Crippen molar-refractivity contribution in [1.82, 2.24) is 25.0 Å². The zero-order valence-corrected chi connectivity index (χ0v) is 20.8. The molecule has 4 aromatic rings. The summed E-state index contributed by atoms with van der Waals surface area (Å²) >= 11 is 3.37. The molecule has 3 aromatic heterocycles. The molecule has 0 saturated carbocycles. The summed E-state index contributed by atoms with van der Waals surface area (Å²) in [5, 5.41) is 6.31. The molecule has 0 N–H and O–H groups in total. The third-order valence-corrected chi connectivity index (χ3v) is 7.99. The quantitative estimate of drug-likeness (QED) is 0.268. The molecule has 0 radical (unpaired) electrons. The lowest BCUT2D eigenvalue weighted by atomic mass is 10.1. The van der Waals surface area contributed by atoms with Crippen molar-refractivity contribution in [2.45, 2.75) is 44.5 Å². The van der Waals surface area contributed by atoms with Gasteiger partial charge in [0.15, 0.2) is 0 Å². The molecule has 7 nitrogen and oxygen atoms in total. The summed E-state index contributed by atoms with van der Waals surface area (Å²) in [6.45, 7) is 10.5. The van der Waals surface area contributed by atoms with Crippen LogP contribution in [-0.2, 0) is 23.5 Å². The first-order valence-corrected chi connectivity index (χ1v) is 13.0. The molecular weight excluding hydrogens is 454 g/mol. The highest BCUT2D eigenvalue weighted by molar-refractivity contribution is 7.98. The second-order valence-electron chi connectivity index (χ2n) is 8.15. The predicted octanol–water partition coefficient (Wildman–Crippen LogP) is 5.05. The maximum absolute atomic E-state index is 5.55. The van der Waals surface area contributed by atoms with Crippen LogP contribution in [0.15, 0.2) is 33.8 Å². The highest BCUT2D eigenvalue weighted by Gasteiger charge is 2.19. The van der Waals surface area contributed by atoms with E-state index in [1.807, 2.05) is 12.1 Å². The zero-order chi connectivity index (χ0) is 22.8. The van der Waals surface area contributed by atoms with Gasteiger partial charge in [-0.3, -0.25) is 4.90 Å². The average Bonchev–Trinajstić information content (AvgIpc) is 3.42. The minimum atomic E-state index is 0.567. The largest absolute Gasteiger partial charge is 0.379 e. The number of hydrogen-bond acceptors (Lipinski definition) is 9. The van der Waals surface area contributed by atoms with E-state index in [2.05, 4.69) is 47.9 Å². The van der Waals surface area contributed by atoms with Gasteiger partial charge in [-0.05, 0) is 31.4 Å². The standard InChI is InChI=1S/C24H27N5O2S2/c1-4-17-5-7-18(8-6-17)22-27-20(31-28-22)14-32-23-21-15(2)16(3)33-24(21)26-19(25-23)13-29-9-11-30-12-10-29/h5-8H,4,9-14H2,1-3H3. The number of nitrogens with zero attached hydrogens (tertiary/aromatic N) is 5. The SMILES string of the molecule is CCc1ccc(-c2noc(CSc3nc(CN4CCOCC4)nc4sc(C)c(C)c34)n2)cc1. The van der Waals surface area contributed by atoms with Crippen LogP contribution in [0.4, 0.5) is 0 Å². The Balaban J connectivity index is 1.37. The van der Waals surface area contributed by atoms with Crippen molar-refractivity contribution < 1.29 is 9.26 Å². The van der Waals surface area contributed by atoms with Crippen LogP contribution in [0, 0.1) is 13.8 Å². The molecule has 172 valence electrons. The number of aromatic nitrogens is 4. The summed E-state index contributed by atoms with van der Waals surface area (Å²) in [5.41, 5.74) is 3.51. The monoisotopic (exact) mass is 481 g/mol. The van der Waals surface area contributed by atoms with Gasteiger partial charge in [-0.15, -0.1) is 11.3 Å². The minimum Gasteiger partial charge on any atom is -0.379 e. The fraction of sp³-hybridized carbons (Fsp3) is 0.417. The molecule has 1 aromatic carbocycles. The number of fused-ring (bicyclic) bond motifs is 1. The van der Waals surface area contributed by atoms with Gasteiger partial charge in [-0.25, -0.2) is 9.97 Å². The van der Waals surface area contributed by atoms with Crippen LogP contribution in [0.1, 0.15) is 34.6 Å². The molecular formula is C24H27N5O2S2. The van der Waals surface area contributed by atoms with Crippen molar-refractivity contribution in [3.8, 4) is 11.4 Å². The van der Waals surface area contributed by atoms with E-state index >= 15 is 0 Å². The average molecular weight is 482 g/mol. The van der Waals surface area contributed by atoms with Gasteiger partial charge < -0.3 is 9.26 Å². The van der Waals surface area contributed by atoms with Crippen LogP contribution >= 0.6 is 23.1 Å².